The predicted molar refractivity (Wildman–Crippen MR) is 98.3 cm³/mol. The van der Waals surface area contributed by atoms with Gasteiger partial charge in [-0.15, -0.1) is 0 Å². The van der Waals surface area contributed by atoms with Crippen molar-refractivity contribution in [3.63, 3.8) is 0 Å². The zero-order valence-electron chi connectivity index (χ0n) is 13.8. The molecule has 26 heavy (non-hydrogen) atoms. The third-order valence-electron chi connectivity index (χ3n) is 5.03. The molecule has 1 aliphatic carbocycles. The third kappa shape index (κ3) is 3.17. The summed E-state index contributed by atoms with van der Waals surface area (Å²) in [6.45, 7) is -2.88. The Morgan fingerprint density at radius 2 is 1.81 bits per heavy atom. The molecule has 4 rings (SSSR count). The fourth-order valence-electron chi connectivity index (χ4n) is 3.89. The van der Waals surface area contributed by atoms with Crippen LogP contribution in [0.25, 0.3) is 5.76 Å². The van der Waals surface area contributed by atoms with Gasteiger partial charge >= 0.3 is 6.61 Å². The van der Waals surface area contributed by atoms with Crippen molar-refractivity contribution in [1.29, 1.82) is 0 Å². The van der Waals surface area contributed by atoms with E-state index < -0.39 is 6.61 Å². The maximum absolute atomic E-state index is 12.6. The van der Waals surface area contributed by atoms with Crippen molar-refractivity contribution in [3.8, 4) is 11.5 Å². The molecule has 1 aliphatic heterocycles. The van der Waals surface area contributed by atoms with E-state index in [1.165, 1.54) is 6.07 Å². The fraction of sp³-hybridized carbons (Fsp3) is 0.300. The van der Waals surface area contributed by atoms with Crippen LogP contribution in [0.4, 0.5) is 8.78 Å². The maximum atomic E-state index is 12.6. The molecule has 136 valence electrons. The molecular formula is C20H16Cl2F2O2. The van der Waals surface area contributed by atoms with Crippen LogP contribution in [0.5, 0.6) is 11.5 Å². The molecule has 1 spiro atoms. The van der Waals surface area contributed by atoms with Gasteiger partial charge in [-0.2, -0.15) is 8.78 Å². The summed E-state index contributed by atoms with van der Waals surface area (Å²) in [5.74, 6) is 1.24. The number of allylic oxidation sites excluding steroid dienone is 1. The molecule has 2 aliphatic rings. The minimum atomic E-state index is -2.88. The van der Waals surface area contributed by atoms with Crippen LogP contribution in [0, 0.1) is 0 Å². The first-order valence-corrected chi connectivity index (χ1v) is 9.18. The minimum absolute atomic E-state index is 0.0790. The van der Waals surface area contributed by atoms with E-state index in [1.54, 1.807) is 18.2 Å². The molecule has 1 fully saturated rings. The lowest BCUT2D eigenvalue weighted by molar-refractivity contribution is -0.0499. The molecule has 0 bridgehead atoms. The van der Waals surface area contributed by atoms with Gasteiger partial charge in [0.25, 0.3) is 0 Å². The standard InChI is InChI=1S/C20H16Cl2F2O2/c21-12-3-5-14(16(22)9-12)18-11-20(7-1-2-8-20)15-6-4-13(25-19(23)24)10-17(15)26-18/h3-6,9-11,19H,1-2,7-8H2. The molecule has 1 heterocycles. The zero-order valence-corrected chi connectivity index (χ0v) is 15.3. The van der Waals surface area contributed by atoms with Crippen molar-refractivity contribution < 1.29 is 18.3 Å². The Morgan fingerprint density at radius 1 is 1.04 bits per heavy atom. The third-order valence-corrected chi connectivity index (χ3v) is 5.58. The van der Waals surface area contributed by atoms with E-state index in [-0.39, 0.29) is 11.2 Å². The van der Waals surface area contributed by atoms with Crippen LogP contribution in [0.1, 0.15) is 36.8 Å². The van der Waals surface area contributed by atoms with Crippen LogP contribution >= 0.6 is 23.2 Å². The Balaban J connectivity index is 1.80. The fourth-order valence-corrected chi connectivity index (χ4v) is 4.39. The van der Waals surface area contributed by atoms with Gasteiger partial charge in [0.05, 0.1) is 5.02 Å². The number of alkyl halides is 2. The highest BCUT2D eigenvalue weighted by Gasteiger charge is 2.40. The van der Waals surface area contributed by atoms with E-state index in [4.69, 9.17) is 27.9 Å². The second kappa shape index (κ2) is 6.75. The number of halogens is 4. The Bertz CT molecular complexity index is 874. The van der Waals surface area contributed by atoms with Gasteiger partial charge in [-0.3, -0.25) is 0 Å². The second-order valence-electron chi connectivity index (χ2n) is 6.63. The van der Waals surface area contributed by atoms with E-state index in [9.17, 15) is 8.78 Å². The van der Waals surface area contributed by atoms with Gasteiger partial charge in [0, 0.05) is 27.6 Å². The van der Waals surface area contributed by atoms with Gasteiger partial charge in [-0.05, 0) is 43.2 Å². The summed E-state index contributed by atoms with van der Waals surface area (Å²) in [6, 6.07) is 10.1. The summed E-state index contributed by atoms with van der Waals surface area (Å²) in [5.41, 5.74) is 1.56. The summed E-state index contributed by atoms with van der Waals surface area (Å²) >= 11 is 12.4. The van der Waals surface area contributed by atoms with E-state index >= 15 is 0 Å². The molecule has 0 N–H and O–H groups in total. The molecular weight excluding hydrogens is 381 g/mol. The van der Waals surface area contributed by atoms with Gasteiger partial charge in [-0.25, -0.2) is 0 Å². The van der Waals surface area contributed by atoms with Crippen LogP contribution in [-0.2, 0) is 5.41 Å². The van der Waals surface area contributed by atoms with Crippen molar-refractivity contribution in [2.24, 2.45) is 0 Å². The highest BCUT2D eigenvalue weighted by atomic mass is 35.5. The van der Waals surface area contributed by atoms with Crippen molar-refractivity contribution in [2.75, 3.05) is 0 Å². The average molecular weight is 397 g/mol. The Morgan fingerprint density at radius 3 is 2.50 bits per heavy atom. The number of ether oxygens (including phenoxy) is 2. The first-order chi connectivity index (χ1) is 12.5. The number of rotatable bonds is 3. The quantitative estimate of drug-likeness (QED) is 0.565. The monoisotopic (exact) mass is 396 g/mol. The summed E-state index contributed by atoms with van der Waals surface area (Å²) in [5, 5.41) is 1.03. The highest BCUT2D eigenvalue weighted by molar-refractivity contribution is 6.35. The van der Waals surface area contributed by atoms with Crippen LogP contribution < -0.4 is 9.47 Å². The summed E-state index contributed by atoms with van der Waals surface area (Å²) < 4.78 is 35.7. The molecule has 2 aromatic rings. The molecule has 0 radical (unpaired) electrons. The molecule has 2 nitrogen and oxygen atoms in total. The van der Waals surface area contributed by atoms with Gasteiger partial charge in [0.1, 0.15) is 17.3 Å². The highest BCUT2D eigenvalue weighted by Crippen LogP contribution is 2.51. The molecule has 6 heteroatoms. The van der Waals surface area contributed by atoms with Crippen LogP contribution in [0.3, 0.4) is 0 Å². The second-order valence-corrected chi connectivity index (χ2v) is 7.48. The van der Waals surface area contributed by atoms with E-state index in [0.717, 1.165) is 36.8 Å². The van der Waals surface area contributed by atoms with Crippen molar-refractivity contribution >= 4 is 29.0 Å². The largest absolute Gasteiger partial charge is 0.457 e. The number of fused-ring (bicyclic) bond motifs is 2. The van der Waals surface area contributed by atoms with Gasteiger partial charge in [0.2, 0.25) is 0 Å². The normalized spacial score (nSPS) is 17.8. The predicted octanol–water partition coefficient (Wildman–Crippen LogP) is 6.84. The van der Waals surface area contributed by atoms with Crippen molar-refractivity contribution in [1.82, 2.24) is 0 Å². The van der Waals surface area contributed by atoms with Crippen LogP contribution in [-0.4, -0.2) is 6.61 Å². The Hall–Kier alpha value is -1.78. The zero-order chi connectivity index (χ0) is 18.3. The lowest BCUT2D eigenvalue weighted by atomic mass is 9.76. The molecule has 2 aromatic carbocycles. The van der Waals surface area contributed by atoms with Gasteiger partial charge < -0.3 is 9.47 Å². The van der Waals surface area contributed by atoms with E-state index in [2.05, 4.69) is 10.8 Å². The number of benzene rings is 2. The summed E-state index contributed by atoms with van der Waals surface area (Å²) in [7, 11) is 0. The van der Waals surface area contributed by atoms with Crippen molar-refractivity contribution in [3.05, 3.63) is 63.6 Å². The molecule has 1 saturated carbocycles. The number of hydrogen-bond donors (Lipinski definition) is 0. The van der Waals surface area contributed by atoms with E-state index in [1.807, 2.05) is 12.1 Å². The molecule has 0 aromatic heterocycles. The SMILES string of the molecule is FC(F)Oc1ccc2c(c1)OC(c1ccc(Cl)cc1Cl)=CC21CCCC1. The average Bonchev–Trinajstić information content (AvgIpc) is 3.02. The van der Waals surface area contributed by atoms with Crippen LogP contribution in [0.15, 0.2) is 42.5 Å². The smallest absolute Gasteiger partial charge is 0.387 e. The van der Waals surface area contributed by atoms with Gasteiger partial charge in [0.15, 0.2) is 0 Å². The molecule has 0 amide bonds. The maximum Gasteiger partial charge on any atom is 0.387 e. The number of hydrogen-bond acceptors (Lipinski definition) is 2. The van der Waals surface area contributed by atoms with Crippen molar-refractivity contribution in [2.45, 2.75) is 37.7 Å². The lowest BCUT2D eigenvalue weighted by Crippen LogP contribution is -2.25. The topological polar surface area (TPSA) is 18.5 Å². The first kappa shape index (κ1) is 17.6. The Kier molecular flexibility index (Phi) is 4.57. The molecule has 0 atom stereocenters. The Labute approximate surface area is 160 Å². The molecule has 0 unspecified atom stereocenters. The lowest BCUT2D eigenvalue weighted by Gasteiger charge is -2.34. The summed E-state index contributed by atoms with van der Waals surface area (Å²) in [6.07, 6.45) is 6.28. The van der Waals surface area contributed by atoms with E-state index in [0.29, 0.717) is 21.6 Å². The first-order valence-electron chi connectivity index (χ1n) is 8.42. The molecule has 0 saturated heterocycles. The summed E-state index contributed by atoms with van der Waals surface area (Å²) in [4.78, 5) is 0. The van der Waals surface area contributed by atoms with Gasteiger partial charge in [-0.1, -0.05) is 42.1 Å². The van der Waals surface area contributed by atoms with Crippen LogP contribution in [0.2, 0.25) is 10.0 Å². The minimum Gasteiger partial charge on any atom is -0.457 e.